The Hall–Kier alpha value is -1.58. The largest absolute Gasteiger partial charge is 0.481 e. The maximum atomic E-state index is 12.9. The van der Waals surface area contributed by atoms with Crippen molar-refractivity contribution in [3.05, 3.63) is 24.0 Å². The highest BCUT2D eigenvalue weighted by Crippen LogP contribution is 2.33. The quantitative estimate of drug-likeness (QED) is 0.707. The van der Waals surface area contributed by atoms with Crippen molar-refractivity contribution in [1.82, 2.24) is 0 Å². The minimum absolute atomic E-state index is 0.0192. The van der Waals surface area contributed by atoms with Crippen LogP contribution in [0, 0.1) is 5.82 Å². The van der Waals surface area contributed by atoms with Gasteiger partial charge in [0.15, 0.2) is 6.61 Å². The van der Waals surface area contributed by atoms with E-state index in [0.29, 0.717) is 11.4 Å². The zero-order valence-electron chi connectivity index (χ0n) is 8.66. The van der Waals surface area contributed by atoms with Crippen LogP contribution in [0.25, 0.3) is 0 Å². The standard InChI is InChI=1S/C11H12FNO2/c1-7(2)13-9-4-3-8(12)5-10(9)15-6-11(13)14/h3-5,7H,6H2,1-2H3. The van der Waals surface area contributed by atoms with Gasteiger partial charge < -0.3 is 9.64 Å². The number of hydrogen-bond donors (Lipinski definition) is 0. The molecular weight excluding hydrogens is 197 g/mol. The lowest BCUT2D eigenvalue weighted by molar-refractivity contribution is -0.121. The van der Waals surface area contributed by atoms with Crippen LogP contribution in [0.5, 0.6) is 5.75 Å². The van der Waals surface area contributed by atoms with Gasteiger partial charge in [0.25, 0.3) is 5.91 Å². The van der Waals surface area contributed by atoms with E-state index in [9.17, 15) is 9.18 Å². The van der Waals surface area contributed by atoms with E-state index in [4.69, 9.17) is 4.74 Å². The van der Waals surface area contributed by atoms with E-state index < -0.39 is 0 Å². The monoisotopic (exact) mass is 209 g/mol. The number of halogens is 1. The Balaban J connectivity index is 2.48. The zero-order chi connectivity index (χ0) is 11.0. The Labute approximate surface area is 87.5 Å². The normalized spacial score (nSPS) is 15.2. The van der Waals surface area contributed by atoms with Crippen LogP contribution in [-0.2, 0) is 4.79 Å². The molecule has 0 fully saturated rings. The lowest BCUT2D eigenvalue weighted by atomic mass is 10.2. The van der Waals surface area contributed by atoms with Crippen molar-refractivity contribution in [3.8, 4) is 5.75 Å². The van der Waals surface area contributed by atoms with Crippen molar-refractivity contribution in [2.24, 2.45) is 0 Å². The Bertz CT molecular complexity index is 404. The SMILES string of the molecule is CC(C)N1C(=O)COc2cc(F)ccc21. The number of fused-ring (bicyclic) bond motifs is 1. The van der Waals surface area contributed by atoms with Gasteiger partial charge in [0.1, 0.15) is 11.6 Å². The van der Waals surface area contributed by atoms with Crippen molar-refractivity contribution in [2.45, 2.75) is 19.9 Å². The minimum Gasteiger partial charge on any atom is -0.481 e. The average Bonchev–Trinajstić information content (AvgIpc) is 2.17. The van der Waals surface area contributed by atoms with E-state index in [1.165, 1.54) is 12.1 Å². The highest BCUT2D eigenvalue weighted by atomic mass is 19.1. The number of benzene rings is 1. The van der Waals surface area contributed by atoms with Crippen LogP contribution in [0.15, 0.2) is 18.2 Å². The molecule has 80 valence electrons. The first kappa shape index (κ1) is 9.96. The van der Waals surface area contributed by atoms with Gasteiger partial charge in [-0.2, -0.15) is 0 Å². The Morgan fingerprint density at radius 3 is 2.87 bits per heavy atom. The third-order valence-corrected chi connectivity index (χ3v) is 2.32. The first-order valence-corrected chi connectivity index (χ1v) is 4.84. The molecule has 0 saturated heterocycles. The summed E-state index contributed by atoms with van der Waals surface area (Å²) in [4.78, 5) is 13.2. The predicted molar refractivity (Wildman–Crippen MR) is 54.5 cm³/mol. The molecule has 15 heavy (non-hydrogen) atoms. The van der Waals surface area contributed by atoms with Crippen LogP contribution in [-0.4, -0.2) is 18.6 Å². The van der Waals surface area contributed by atoms with Gasteiger partial charge in [-0.15, -0.1) is 0 Å². The highest BCUT2D eigenvalue weighted by molar-refractivity contribution is 5.98. The fourth-order valence-corrected chi connectivity index (χ4v) is 1.71. The zero-order valence-corrected chi connectivity index (χ0v) is 8.66. The molecule has 0 atom stereocenters. The first-order valence-electron chi connectivity index (χ1n) is 4.84. The molecule has 1 aliphatic rings. The van der Waals surface area contributed by atoms with Gasteiger partial charge in [-0.1, -0.05) is 0 Å². The Morgan fingerprint density at radius 1 is 1.47 bits per heavy atom. The molecule has 0 unspecified atom stereocenters. The van der Waals surface area contributed by atoms with E-state index in [1.54, 1.807) is 11.0 Å². The molecule has 4 heteroatoms. The molecule has 1 amide bonds. The van der Waals surface area contributed by atoms with E-state index in [2.05, 4.69) is 0 Å². The van der Waals surface area contributed by atoms with Crippen molar-refractivity contribution < 1.29 is 13.9 Å². The summed E-state index contributed by atoms with van der Waals surface area (Å²) in [5.74, 6) is -0.0146. The van der Waals surface area contributed by atoms with Gasteiger partial charge >= 0.3 is 0 Å². The molecule has 1 aliphatic heterocycles. The van der Waals surface area contributed by atoms with Crippen LogP contribution in [0.4, 0.5) is 10.1 Å². The summed E-state index contributed by atoms with van der Waals surface area (Å²) in [6.45, 7) is 3.81. The molecule has 0 spiro atoms. The smallest absolute Gasteiger partial charge is 0.265 e. The number of rotatable bonds is 1. The maximum absolute atomic E-state index is 12.9. The van der Waals surface area contributed by atoms with E-state index in [1.807, 2.05) is 13.8 Å². The number of ether oxygens (including phenoxy) is 1. The summed E-state index contributed by atoms with van der Waals surface area (Å²) in [6, 6.07) is 4.25. The molecule has 0 N–H and O–H groups in total. The molecule has 3 nitrogen and oxygen atoms in total. The molecule has 0 saturated carbocycles. The second-order valence-electron chi connectivity index (χ2n) is 3.76. The van der Waals surface area contributed by atoms with Crippen molar-refractivity contribution in [1.29, 1.82) is 0 Å². The van der Waals surface area contributed by atoms with E-state index >= 15 is 0 Å². The van der Waals surface area contributed by atoms with Gasteiger partial charge in [-0.25, -0.2) is 4.39 Å². The summed E-state index contributed by atoms with van der Waals surface area (Å²) in [7, 11) is 0. The van der Waals surface area contributed by atoms with Crippen LogP contribution >= 0.6 is 0 Å². The molecule has 1 aromatic carbocycles. The molecule has 1 aromatic rings. The van der Waals surface area contributed by atoms with Crippen LogP contribution in [0.2, 0.25) is 0 Å². The first-order chi connectivity index (χ1) is 7.09. The van der Waals surface area contributed by atoms with E-state index in [-0.39, 0.29) is 24.4 Å². The summed E-state index contributed by atoms with van der Waals surface area (Å²) < 4.78 is 18.1. The second-order valence-corrected chi connectivity index (χ2v) is 3.76. The van der Waals surface area contributed by atoms with Crippen LogP contribution in [0.3, 0.4) is 0 Å². The molecule has 0 radical (unpaired) electrons. The van der Waals surface area contributed by atoms with Crippen LogP contribution in [0.1, 0.15) is 13.8 Å². The number of hydrogen-bond acceptors (Lipinski definition) is 2. The van der Waals surface area contributed by atoms with Crippen molar-refractivity contribution >= 4 is 11.6 Å². The molecular formula is C11H12FNO2. The van der Waals surface area contributed by atoms with Crippen molar-refractivity contribution in [2.75, 3.05) is 11.5 Å². The minimum atomic E-state index is -0.355. The van der Waals surface area contributed by atoms with Gasteiger partial charge in [-0.05, 0) is 26.0 Å². The van der Waals surface area contributed by atoms with Gasteiger partial charge in [-0.3, -0.25) is 4.79 Å². The molecule has 0 aromatic heterocycles. The Morgan fingerprint density at radius 2 is 2.20 bits per heavy atom. The average molecular weight is 209 g/mol. The third kappa shape index (κ3) is 1.67. The predicted octanol–water partition coefficient (Wildman–Crippen LogP) is 1.96. The summed E-state index contributed by atoms with van der Waals surface area (Å²) >= 11 is 0. The number of nitrogens with zero attached hydrogens (tertiary/aromatic N) is 1. The summed E-state index contributed by atoms with van der Waals surface area (Å²) in [5, 5.41) is 0. The maximum Gasteiger partial charge on any atom is 0.265 e. The van der Waals surface area contributed by atoms with Gasteiger partial charge in [0.2, 0.25) is 0 Å². The number of anilines is 1. The Kier molecular flexibility index (Phi) is 2.34. The molecule has 0 aliphatic carbocycles. The lowest BCUT2D eigenvalue weighted by Crippen LogP contribution is -2.43. The third-order valence-electron chi connectivity index (χ3n) is 2.32. The molecule has 0 bridgehead atoms. The topological polar surface area (TPSA) is 29.5 Å². The summed E-state index contributed by atoms with van der Waals surface area (Å²) in [6.07, 6.45) is 0. The molecule has 1 heterocycles. The number of carbonyl (C=O) groups is 1. The fourth-order valence-electron chi connectivity index (χ4n) is 1.71. The second kappa shape index (κ2) is 3.53. The molecule has 2 rings (SSSR count). The van der Waals surface area contributed by atoms with E-state index in [0.717, 1.165) is 0 Å². The number of carbonyl (C=O) groups excluding carboxylic acids is 1. The number of amides is 1. The van der Waals surface area contributed by atoms with Crippen molar-refractivity contribution in [3.63, 3.8) is 0 Å². The highest BCUT2D eigenvalue weighted by Gasteiger charge is 2.27. The summed E-state index contributed by atoms with van der Waals surface area (Å²) in [5.41, 5.74) is 0.641. The fraction of sp³-hybridized carbons (Fsp3) is 0.364. The van der Waals surface area contributed by atoms with Gasteiger partial charge in [0.05, 0.1) is 5.69 Å². The van der Waals surface area contributed by atoms with Crippen LogP contribution < -0.4 is 9.64 Å². The van der Waals surface area contributed by atoms with Gasteiger partial charge in [0, 0.05) is 12.1 Å². The lowest BCUT2D eigenvalue weighted by Gasteiger charge is -2.32.